The fourth-order valence-corrected chi connectivity index (χ4v) is 4.52. The number of allylic oxidation sites excluding steroid dienone is 4. The molecule has 3 aromatic carbocycles. The molecule has 144 valence electrons. The first-order chi connectivity index (χ1) is 14.2. The zero-order chi connectivity index (χ0) is 20.5. The van der Waals surface area contributed by atoms with Gasteiger partial charge in [0.2, 0.25) is 0 Å². The lowest BCUT2D eigenvalue weighted by Crippen LogP contribution is -2.35. The molecule has 0 aromatic heterocycles. The van der Waals surface area contributed by atoms with E-state index >= 15 is 0 Å². The predicted octanol–water partition coefficient (Wildman–Crippen LogP) is 7.30. The number of terminal acetylenes is 1. The molecule has 0 spiro atoms. The first-order valence-electron chi connectivity index (χ1n) is 10.2. The van der Waals surface area contributed by atoms with Crippen molar-refractivity contribution in [2.75, 3.05) is 0 Å². The van der Waals surface area contributed by atoms with Crippen molar-refractivity contribution in [3.63, 3.8) is 0 Å². The second kappa shape index (κ2) is 9.76. The second-order valence-electron chi connectivity index (χ2n) is 7.34. The summed E-state index contributed by atoms with van der Waals surface area (Å²) in [4.78, 5) is 0. The third kappa shape index (κ3) is 4.25. The maximum atomic E-state index is 5.43. The average molecular weight is 377 g/mol. The normalized spacial score (nSPS) is 13.2. The monoisotopic (exact) mass is 376 g/mol. The lowest BCUT2D eigenvalue weighted by molar-refractivity contribution is 0.431. The number of rotatable bonds is 7. The molecule has 3 aromatic rings. The van der Waals surface area contributed by atoms with E-state index in [4.69, 9.17) is 6.42 Å². The van der Waals surface area contributed by atoms with Gasteiger partial charge < -0.3 is 0 Å². The average Bonchev–Trinajstić information content (AvgIpc) is 2.79. The molecule has 0 heteroatoms. The molecule has 0 bridgehead atoms. The van der Waals surface area contributed by atoms with E-state index < -0.39 is 0 Å². The van der Waals surface area contributed by atoms with Crippen LogP contribution in [0.25, 0.3) is 0 Å². The summed E-state index contributed by atoms with van der Waals surface area (Å²) in [6, 6.07) is 32.6. The second-order valence-corrected chi connectivity index (χ2v) is 7.34. The van der Waals surface area contributed by atoms with Crippen molar-refractivity contribution in [3.8, 4) is 12.3 Å². The van der Waals surface area contributed by atoms with Gasteiger partial charge in [-0.05, 0) is 36.1 Å². The van der Waals surface area contributed by atoms with Crippen molar-refractivity contribution in [1.82, 2.24) is 0 Å². The molecule has 1 atom stereocenters. The molecule has 0 amide bonds. The Morgan fingerprint density at radius 1 is 0.862 bits per heavy atom. The van der Waals surface area contributed by atoms with Crippen LogP contribution in [0.3, 0.4) is 0 Å². The molecule has 0 heterocycles. The van der Waals surface area contributed by atoms with Crippen molar-refractivity contribution in [3.05, 3.63) is 131 Å². The van der Waals surface area contributed by atoms with Crippen LogP contribution in [0, 0.1) is 12.3 Å². The van der Waals surface area contributed by atoms with Gasteiger partial charge in [-0.3, -0.25) is 0 Å². The number of benzene rings is 3. The molecule has 0 fully saturated rings. The summed E-state index contributed by atoms with van der Waals surface area (Å²) in [7, 11) is 0. The summed E-state index contributed by atoms with van der Waals surface area (Å²) in [5.41, 5.74) is 5.07. The molecule has 0 saturated carbocycles. The van der Waals surface area contributed by atoms with Crippen molar-refractivity contribution in [1.29, 1.82) is 0 Å². The van der Waals surface area contributed by atoms with Gasteiger partial charge in [-0.25, -0.2) is 0 Å². The van der Waals surface area contributed by atoms with E-state index in [9.17, 15) is 0 Å². The summed E-state index contributed by atoms with van der Waals surface area (Å²) >= 11 is 0. The Hall–Kier alpha value is -3.30. The van der Waals surface area contributed by atoms with E-state index in [1.807, 2.05) is 6.08 Å². The van der Waals surface area contributed by atoms with E-state index in [0.717, 1.165) is 6.42 Å². The van der Waals surface area contributed by atoms with Gasteiger partial charge >= 0.3 is 0 Å². The smallest absolute Gasteiger partial charge is 0.0306 e. The summed E-state index contributed by atoms with van der Waals surface area (Å²) in [5.74, 6) is 2.77. The standard InChI is InChI=1S/C29H28/c1-4-6-10-17-24(3)28(25-18-11-7-12-19-25)29(5-2,26-20-13-8-14-21-26)27-22-15-9-16-23-27/h1,6-23,28H,5H2,2-3H3/b10-6-,24-17+. The lowest BCUT2D eigenvalue weighted by Gasteiger charge is -2.43. The molecular weight excluding hydrogens is 348 g/mol. The van der Waals surface area contributed by atoms with Crippen LogP contribution >= 0.6 is 0 Å². The van der Waals surface area contributed by atoms with Crippen LogP contribution in [0.4, 0.5) is 0 Å². The fourth-order valence-electron chi connectivity index (χ4n) is 4.52. The van der Waals surface area contributed by atoms with Crippen molar-refractivity contribution in [2.24, 2.45) is 0 Å². The maximum Gasteiger partial charge on any atom is 0.0306 e. The van der Waals surface area contributed by atoms with Gasteiger partial charge in [-0.15, -0.1) is 6.42 Å². The van der Waals surface area contributed by atoms with Gasteiger partial charge in [0, 0.05) is 11.3 Å². The Morgan fingerprint density at radius 2 is 1.34 bits per heavy atom. The van der Waals surface area contributed by atoms with Crippen LogP contribution in [0.1, 0.15) is 42.9 Å². The lowest BCUT2D eigenvalue weighted by atomic mass is 9.60. The Morgan fingerprint density at radius 3 is 1.79 bits per heavy atom. The van der Waals surface area contributed by atoms with Crippen molar-refractivity contribution in [2.45, 2.75) is 31.6 Å². The van der Waals surface area contributed by atoms with E-state index in [1.165, 1.54) is 22.3 Å². The minimum absolute atomic E-state index is 0.181. The Kier molecular flexibility index (Phi) is 6.88. The Balaban J connectivity index is 2.33. The summed E-state index contributed by atoms with van der Waals surface area (Å²) < 4.78 is 0. The van der Waals surface area contributed by atoms with Crippen LogP contribution in [0.15, 0.2) is 115 Å². The highest BCUT2D eigenvalue weighted by Gasteiger charge is 2.42. The highest BCUT2D eigenvalue weighted by Crippen LogP contribution is 2.50. The minimum atomic E-state index is -0.186. The van der Waals surface area contributed by atoms with Gasteiger partial charge in [0.05, 0.1) is 0 Å². The van der Waals surface area contributed by atoms with E-state index in [-0.39, 0.29) is 11.3 Å². The molecule has 29 heavy (non-hydrogen) atoms. The molecule has 0 aliphatic heterocycles. The summed E-state index contributed by atoms with van der Waals surface area (Å²) in [6.45, 7) is 4.51. The predicted molar refractivity (Wildman–Crippen MR) is 125 cm³/mol. The van der Waals surface area contributed by atoms with Crippen LogP contribution in [-0.4, -0.2) is 0 Å². The van der Waals surface area contributed by atoms with E-state index in [1.54, 1.807) is 6.08 Å². The Labute approximate surface area is 175 Å². The molecule has 0 N–H and O–H groups in total. The van der Waals surface area contributed by atoms with Gasteiger partial charge in [0.15, 0.2) is 0 Å². The third-order valence-corrected chi connectivity index (χ3v) is 5.77. The Bertz CT molecular complexity index is 947. The van der Waals surface area contributed by atoms with Gasteiger partial charge in [-0.2, -0.15) is 0 Å². The molecule has 0 saturated heterocycles. The first kappa shape index (κ1) is 20.4. The molecule has 0 nitrogen and oxygen atoms in total. The largest absolute Gasteiger partial charge is 0.115 e. The van der Waals surface area contributed by atoms with Crippen molar-refractivity contribution < 1.29 is 0 Å². The highest BCUT2D eigenvalue weighted by atomic mass is 14.4. The molecular formula is C29H28. The van der Waals surface area contributed by atoms with Gasteiger partial charge in [-0.1, -0.05) is 122 Å². The third-order valence-electron chi connectivity index (χ3n) is 5.77. The quantitative estimate of drug-likeness (QED) is 0.300. The van der Waals surface area contributed by atoms with Crippen LogP contribution < -0.4 is 0 Å². The number of hydrogen-bond acceptors (Lipinski definition) is 0. The SMILES string of the molecule is C#C/C=C\C=C(/C)C(c1ccccc1)C(CC)(c1ccccc1)c1ccccc1. The molecule has 1 unspecified atom stereocenters. The van der Waals surface area contributed by atoms with Crippen LogP contribution in [0.2, 0.25) is 0 Å². The summed E-state index contributed by atoms with van der Waals surface area (Å²) in [6.07, 6.45) is 12.3. The van der Waals surface area contributed by atoms with Crippen LogP contribution in [0.5, 0.6) is 0 Å². The molecule has 0 aliphatic rings. The van der Waals surface area contributed by atoms with Gasteiger partial charge in [0.25, 0.3) is 0 Å². The fraction of sp³-hybridized carbons (Fsp3) is 0.172. The number of hydrogen-bond donors (Lipinski definition) is 0. The van der Waals surface area contributed by atoms with E-state index in [2.05, 4.69) is 117 Å². The highest BCUT2D eigenvalue weighted by molar-refractivity contribution is 5.49. The molecule has 0 aliphatic carbocycles. The molecule has 3 rings (SSSR count). The summed E-state index contributed by atoms with van der Waals surface area (Å²) in [5, 5.41) is 0. The molecule has 0 radical (unpaired) electrons. The topological polar surface area (TPSA) is 0 Å². The van der Waals surface area contributed by atoms with Crippen LogP contribution in [-0.2, 0) is 5.41 Å². The zero-order valence-electron chi connectivity index (χ0n) is 17.3. The first-order valence-corrected chi connectivity index (χ1v) is 10.2. The minimum Gasteiger partial charge on any atom is -0.115 e. The zero-order valence-corrected chi connectivity index (χ0v) is 17.3. The van der Waals surface area contributed by atoms with Crippen molar-refractivity contribution >= 4 is 0 Å². The van der Waals surface area contributed by atoms with E-state index in [0.29, 0.717) is 0 Å². The van der Waals surface area contributed by atoms with Gasteiger partial charge in [0.1, 0.15) is 0 Å². The maximum absolute atomic E-state index is 5.43.